The Morgan fingerprint density at radius 3 is 2.65 bits per heavy atom. The number of carbonyl (C=O) groups excluding carboxylic acids is 1. The molecule has 0 radical (unpaired) electrons. The molecule has 4 aromatic rings. The summed E-state index contributed by atoms with van der Waals surface area (Å²) in [5.41, 5.74) is -2.93. The van der Waals surface area contributed by atoms with Crippen LogP contribution in [0.5, 0.6) is 6.01 Å². The Bertz CT molecular complexity index is 2050. The first-order chi connectivity index (χ1) is 24.1. The van der Waals surface area contributed by atoms with Gasteiger partial charge in [-0.2, -0.15) is 9.97 Å². The van der Waals surface area contributed by atoms with Crippen molar-refractivity contribution < 1.29 is 41.7 Å². The number of alkyl halides is 1. The highest BCUT2D eigenvalue weighted by Gasteiger charge is 2.49. The minimum Gasteiger partial charge on any atom is -0.465 e. The maximum Gasteiger partial charge on any atom is 0.413 e. The molecule has 3 saturated heterocycles. The fourth-order valence-corrected chi connectivity index (χ4v) is 8.13. The van der Waals surface area contributed by atoms with Crippen LogP contribution in [0.3, 0.4) is 0 Å². The zero-order chi connectivity index (χ0) is 36.4. The summed E-state index contributed by atoms with van der Waals surface area (Å²) in [4.78, 5) is 46.5. The van der Waals surface area contributed by atoms with Crippen LogP contribution in [0.2, 0.25) is 0 Å². The van der Waals surface area contributed by atoms with Gasteiger partial charge in [0.1, 0.15) is 47.0 Å². The number of ether oxygens (including phenoxy) is 2. The zero-order valence-corrected chi connectivity index (χ0v) is 29.1. The van der Waals surface area contributed by atoms with Crippen LogP contribution in [0.4, 0.5) is 38.1 Å². The first-order valence-electron chi connectivity index (χ1n) is 16.5. The molecule has 6 heterocycles. The zero-order valence-electron chi connectivity index (χ0n) is 28.3. The van der Waals surface area contributed by atoms with Gasteiger partial charge in [-0.05, 0) is 46.6 Å². The average Bonchev–Trinajstić information content (AvgIpc) is 3.83. The number of thiazole rings is 1. The number of likely N-dealkylation sites (N-methyl/N-ethyl adjacent to an activating group) is 1. The van der Waals surface area contributed by atoms with Crippen LogP contribution in [0.15, 0.2) is 12.3 Å². The molecule has 51 heavy (non-hydrogen) atoms. The number of amides is 2. The van der Waals surface area contributed by atoms with Crippen LogP contribution in [0, 0.1) is 17.5 Å². The van der Waals surface area contributed by atoms with Gasteiger partial charge in [-0.1, -0.05) is 11.3 Å². The van der Waals surface area contributed by atoms with Crippen molar-refractivity contribution in [2.45, 2.75) is 69.8 Å². The minimum absolute atomic E-state index is 0.0529. The molecule has 2 amide bonds. The van der Waals surface area contributed by atoms with E-state index in [0.717, 1.165) is 13.0 Å². The molecule has 13 nitrogen and oxygen atoms in total. The van der Waals surface area contributed by atoms with Crippen LogP contribution in [-0.2, 0) is 4.74 Å². The highest BCUT2D eigenvalue weighted by atomic mass is 32.1. The van der Waals surface area contributed by atoms with E-state index in [-0.39, 0.29) is 70.2 Å². The number of hydrogen-bond acceptors (Lipinski definition) is 11. The average molecular weight is 733 g/mol. The largest absolute Gasteiger partial charge is 0.465 e. The fraction of sp³-hybridized carbons (Fsp3) is 0.515. The molecule has 18 heteroatoms. The van der Waals surface area contributed by atoms with E-state index >= 15 is 13.2 Å². The number of benzene rings is 1. The van der Waals surface area contributed by atoms with Gasteiger partial charge in [-0.3, -0.25) is 15.2 Å². The summed E-state index contributed by atoms with van der Waals surface area (Å²) in [5.74, 6) is -2.99. The van der Waals surface area contributed by atoms with E-state index in [1.54, 1.807) is 32.7 Å². The number of nitrogens with zero attached hydrogens (tertiary/aromatic N) is 7. The van der Waals surface area contributed by atoms with Gasteiger partial charge in [-0.15, -0.1) is 0 Å². The summed E-state index contributed by atoms with van der Waals surface area (Å²) in [6.45, 7) is 6.50. The van der Waals surface area contributed by atoms with Crippen molar-refractivity contribution in [3.05, 3.63) is 29.7 Å². The molecule has 1 aromatic carbocycles. The number of carboxylic acid groups (broad SMARTS) is 1. The third-order valence-electron chi connectivity index (χ3n) is 9.61. The summed E-state index contributed by atoms with van der Waals surface area (Å²) >= 11 is 0.712. The standard InChI is InChI=1S/C33H36F4N8O5S/c1-32(2,3)50-30(46)42-29-40-25-21(19(35)10-20(36)26(25)51-29)24-22(37)23-18(12-38-24)27(43(4)17-6-9-44(14-17)31(47)48)41-28(39-23)49-15-33-7-5-8-45(33)13-16(34)11-33/h10,12,16-17H,5-9,11,13-15H2,1-4H3,(H,47,48)(H,40,42,46)/t16?,17-,33+/m1/s1. The molecule has 3 fully saturated rings. The maximum absolute atomic E-state index is 16.8. The molecule has 2 N–H and O–H groups in total. The lowest BCUT2D eigenvalue weighted by atomic mass is 9.95. The number of carbonyl (C=O) groups is 2. The lowest BCUT2D eigenvalue weighted by Crippen LogP contribution is -2.43. The molecule has 272 valence electrons. The van der Waals surface area contributed by atoms with E-state index in [1.165, 1.54) is 11.1 Å². The molecule has 3 aromatic heterocycles. The summed E-state index contributed by atoms with van der Waals surface area (Å²) in [5, 5.41) is 12.0. The van der Waals surface area contributed by atoms with Crippen molar-refractivity contribution in [2.75, 3.05) is 50.1 Å². The number of halogens is 4. The molecular weight excluding hydrogens is 696 g/mol. The smallest absolute Gasteiger partial charge is 0.413 e. The molecule has 1 unspecified atom stereocenters. The monoisotopic (exact) mass is 732 g/mol. The molecule has 3 atom stereocenters. The highest BCUT2D eigenvalue weighted by Crippen LogP contribution is 2.42. The van der Waals surface area contributed by atoms with Gasteiger partial charge in [0.15, 0.2) is 10.9 Å². The first kappa shape index (κ1) is 34.9. The molecule has 0 bridgehead atoms. The lowest BCUT2D eigenvalue weighted by Gasteiger charge is -2.31. The van der Waals surface area contributed by atoms with Crippen LogP contribution < -0.4 is 15.0 Å². The van der Waals surface area contributed by atoms with Crippen LogP contribution in [0.25, 0.3) is 32.4 Å². The highest BCUT2D eigenvalue weighted by molar-refractivity contribution is 7.22. The Hall–Kier alpha value is -4.58. The van der Waals surface area contributed by atoms with Gasteiger partial charge in [0.25, 0.3) is 0 Å². The number of fused-ring (bicyclic) bond motifs is 3. The Labute approximate surface area is 293 Å². The first-order valence-corrected chi connectivity index (χ1v) is 17.3. The van der Waals surface area contributed by atoms with Gasteiger partial charge >= 0.3 is 18.2 Å². The van der Waals surface area contributed by atoms with Crippen molar-refractivity contribution in [3.63, 3.8) is 0 Å². The van der Waals surface area contributed by atoms with E-state index in [2.05, 4.69) is 30.2 Å². The second kappa shape index (κ2) is 12.9. The van der Waals surface area contributed by atoms with E-state index in [0.29, 0.717) is 36.8 Å². The number of aromatic nitrogens is 4. The van der Waals surface area contributed by atoms with E-state index in [1.807, 2.05) is 0 Å². The van der Waals surface area contributed by atoms with Crippen LogP contribution in [0.1, 0.15) is 46.5 Å². The number of hydrogen-bond donors (Lipinski definition) is 2. The number of rotatable bonds is 7. The number of pyridine rings is 1. The third-order valence-corrected chi connectivity index (χ3v) is 10.6. The second-order valence-corrected chi connectivity index (χ2v) is 15.2. The molecule has 3 aliphatic heterocycles. The predicted molar refractivity (Wildman–Crippen MR) is 181 cm³/mol. The third kappa shape index (κ3) is 6.54. The van der Waals surface area contributed by atoms with Gasteiger partial charge < -0.3 is 24.4 Å². The van der Waals surface area contributed by atoms with Crippen molar-refractivity contribution >= 4 is 55.6 Å². The Balaban J connectivity index is 1.31. The van der Waals surface area contributed by atoms with Crippen LogP contribution in [-0.4, -0.2) is 110 Å². The SMILES string of the molecule is CN(c1nc(OC[C@@]23CCCN2CC(F)C3)nc2c(F)c(-c3c(F)cc(F)c4sc(NC(=O)OC(C)(C)C)nc34)ncc12)[C@@H]1CCN(C(=O)O)C1. The Kier molecular flexibility index (Phi) is 8.80. The van der Waals surface area contributed by atoms with Gasteiger partial charge in [0.05, 0.1) is 26.7 Å². The maximum atomic E-state index is 16.8. The fourth-order valence-electron chi connectivity index (χ4n) is 7.26. The molecule has 0 aliphatic carbocycles. The van der Waals surface area contributed by atoms with Crippen molar-refractivity contribution in [1.82, 2.24) is 29.7 Å². The van der Waals surface area contributed by atoms with Crippen molar-refractivity contribution in [2.24, 2.45) is 0 Å². The Morgan fingerprint density at radius 2 is 1.92 bits per heavy atom. The molecule has 0 spiro atoms. The van der Waals surface area contributed by atoms with Crippen molar-refractivity contribution in [3.8, 4) is 17.3 Å². The number of nitrogens with one attached hydrogen (secondary N) is 1. The lowest BCUT2D eigenvalue weighted by molar-refractivity contribution is 0.0635. The number of anilines is 2. The topological polar surface area (TPSA) is 146 Å². The summed E-state index contributed by atoms with van der Waals surface area (Å²) in [7, 11) is 1.69. The van der Waals surface area contributed by atoms with Gasteiger partial charge in [0.2, 0.25) is 0 Å². The van der Waals surface area contributed by atoms with Gasteiger partial charge in [-0.25, -0.2) is 32.1 Å². The quantitative estimate of drug-likeness (QED) is 0.209. The van der Waals surface area contributed by atoms with E-state index < -0.39 is 58.2 Å². The normalized spacial score (nSPS) is 22.2. The van der Waals surface area contributed by atoms with Gasteiger partial charge in [0, 0.05) is 51.4 Å². The summed E-state index contributed by atoms with van der Waals surface area (Å²) in [6, 6.07) is 0.0486. The van der Waals surface area contributed by atoms with E-state index in [9.17, 15) is 19.1 Å². The van der Waals surface area contributed by atoms with E-state index in [4.69, 9.17) is 9.47 Å². The molecule has 3 aliphatic rings. The molecule has 0 saturated carbocycles. The molecule has 7 rings (SSSR count). The minimum atomic E-state index is -1.15. The summed E-state index contributed by atoms with van der Waals surface area (Å²) < 4.78 is 73.2. The summed E-state index contributed by atoms with van der Waals surface area (Å²) in [6.07, 6.45) is 0.648. The second-order valence-electron chi connectivity index (χ2n) is 14.2. The number of likely N-dealkylation sites (tertiary alicyclic amines) is 1. The Morgan fingerprint density at radius 1 is 1.14 bits per heavy atom. The van der Waals surface area contributed by atoms with Crippen molar-refractivity contribution in [1.29, 1.82) is 0 Å². The predicted octanol–water partition coefficient (Wildman–Crippen LogP) is 6.21. The molecular formula is C33H36F4N8O5S. The van der Waals surface area contributed by atoms with Crippen LogP contribution >= 0.6 is 11.3 Å².